The third kappa shape index (κ3) is 2.34. The third-order valence-corrected chi connectivity index (χ3v) is 5.83. The van der Waals surface area contributed by atoms with Gasteiger partial charge >= 0.3 is 5.97 Å². The highest BCUT2D eigenvalue weighted by molar-refractivity contribution is 6.30. The molecule has 1 aliphatic carbocycles. The number of hydrogen-bond acceptors (Lipinski definition) is 4. The van der Waals surface area contributed by atoms with Crippen molar-refractivity contribution in [2.24, 2.45) is 5.92 Å². The number of nitrogens with zero attached hydrogens (tertiary/aromatic N) is 1. The summed E-state index contributed by atoms with van der Waals surface area (Å²) in [4.78, 5) is 23.6. The summed E-state index contributed by atoms with van der Waals surface area (Å²) in [5, 5.41) is 12.6. The summed E-state index contributed by atoms with van der Waals surface area (Å²) in [5.74, 6) is -1.19. The van der Waals surface area contributed by atoms with Gasteiger partial charge in [-0.1, -0.05) is 54.1 Å². The third-order valence-electron chi connectivity index (χ3n) is 5.58. The van der Waals surface area contributed by atoms with Crippen LogP contribution in [0.5, 0.6) is 0 Å². The Labute approximate surface area is 149 Å². The highest BCUT2D eigenvalue weighted by Crippen LogP contribution is 2.64. The molecule has 1 aliphatic heterocycles. The topological polar surface area (TPSA) is 69.4 Å². The van der Waals surface area contributed by atoms with Crippen molar-refractivity contribution < 1.29 is 14.5 Å². The Balaban J connectivity index is 1.84. The molecule has 1 saturated carbocycles. The molecule has 4 rings (SSSR count). The van der Waals surface area contributed by atoms with Gasteiger partial charge < -0.3 is 4.74 Å². The van der Waals surface area contributed by atoms with E-state index in [2.05, 4.69) is 0 Å². The van der Waals surface area contributed by atoms with Crippen LogP contribution in [-0.2, 0) is 9.53 Å². The summed E-state index contributed by atoms with van der Waals surface area (Å²) < 4.78 is 5.13. The number of carbonyl (C=O) groups is 1. The second-order valence-corrected chi connectivity index (χ2v) is 7.12. The molecule has 2 aromatic rings. The first-order valence-electron chi connectivity index (χ1n) is 8.14. The fourth-order valence-corrected chi connectivity index (χ4v) is 4.60. The van der Waals surface area contributed by atoms with Crippen molar-refractivity contribution in [2.75, 3.05) is 6.61 Å². The lowest BCUT2D eigenvalue weighted by atomic mass is 9.47. The standard InChI is InChI=1S/C19H16ClNO4/c20-14-8-6-13(7-9-14)18-17(12-4-2-1-3-5-12)15-10-16(22)25-11-19(15,18)21(23)24/h1-9,15,17-18H,10-11H2/t15-,17-,18+,19+/m0/s1. The molecule has 6 heteroatoms. The van der Waals surface area contributed by atoms with E-state index in [1.165, 1.54) is 0 Å². The summed E-state index contributed by atoms with van der Waals surface area (Å²) >= 11 is 5.98. The van der Waals surface area contributed by atoms with Crippen molar-refractivity contribution in [2.45, 2.75) is 23.8 Å². The zero-order valence-corrected chi connectivity index (χ0v) is 14.1. The number of hydrogen-bond donors (Lipinski definition) is 0. The van der Waals surface area contributed by atoms with Gasteiger partial charge in [0, 0.05) is 15.9 Å². The number of carbonyl (C=O) groups excluding carboxylic acids is 1. The Bertz CT molecular complexity index is 823. The summed E-state index contributed by atoms with van der Waals surface area (Å²) in [6.07, 6.45) is 0.0740. The highest BCUT2D eigenvalue weighted by Gasteiger charge is 2.74. The molecule has 1 saturated heterocycles. The van der Waals surface area contributed by atoms with Gasteiger partial charge in [-0.2, -0.15) is 0 Å². The van der Waals surface area contributed by atoms with Crippen LogP contribution < -0.4 is 0 Å². The summed E-state index contributed by atoms with van der Waals surface area (Å²) in [6, 6.07) is 16.8. The quantitative estimate of drug-likeness (QED) is 0.476. The summed E-state index contributed by atoms with van der Waals surface area (Å²) in [7, 11) is 0. The Morgan fingerprint density at radius 2 is 1.76 bits per heavy atom. The van der Waals surface area contributed by atoms with E-state index < -0.39 is 5.54 Å². The normalized spacial score (nSPS) is 30.8. The van der Waals surface area contributed by atoms with E-state index in [4.69, 9.17) is 16.3 Å². The van der Waals surface area contributed by atoms with E-state index >= 15 is 0 Å². The van der Waals surface area contributed by atoms with Crippen LogP contribution in [0.15, 0.2) is 54.6 Å². The molecule has 5 nitrogen and oxygen atoms in total. The molecule has 0 aromatic heterocycles. The van der Waals surface area contributed by atoms with Gasteiger partial charge in [0.1, 0.15) is 0 Å². The molecule has 0 radical (unpaired) electrons. The van der Waals surface area contributed by atoms with Crippen LogP contribution in [0.3, 0.4) is 0 Å². The van der Waals surface area contributed by atoms with Crippen LogP contribution in [-0.4, -0.2) is 23.0 Å². The highest BCUT2D eigenvalue weighted by atomic mass is 35.5. The van der Waals surface area contributed by atoms with Crippen LogP contribution >= 0.6 is 11.6 Å². The number of esters is 1. The SMILES string of the molecule is O=C1C[C@H]2[C@H](c3ccccc3)[C@@H](c3ccc(Cl)cc3)[C@@]2([N+](=O)[O-])CO1. The van der Waals surface area contributed by atoms with Gasteiger partial charge in [0.05, 0.1) is 18.3 Å². The molecule has 2 aliphatic rings. The van der Waals surface area contributed by atoms with E-state index in [0.717, 1.165) is 11.1 Å². The zero-order chi connectivity index (χ0) is 17.6. The Kier molecular flexibility index (Phi) is 3.76. The Morgan fingerprint density at radius 3 is 2.40 bits per heavy atom. The van der Waals surface area contributed by atoms with E-state index in [1.807, 2.05) is 42.5 Å². The molecular formula is C19H16ClNO4. The predicted octanol–water partition coefficient (Wildman–Crippen LogP) is 3.80. The number of benzene rings is 2. The largest absolute Gasteiger partial charge is 0.458 e. The van der Waals surface area contributed by atoms with Gasteiger partial charge in [-0.3, -0.25) is 14.9 Å². The fourth-order valence-electron chi connectivity index (χ4n) is 4.47. The molecule has 4 atom stereocenters. The summed E-state index contributed by atoms with van der Waals surface area (Å²) in [5.41, 5.74) is 0.589. The van der Waals surface area contributed by atoms with Crippen molar-refractivity contribution in [1.29, 1.82) is 0 Å². The second kappa shape index (κ2) is 5.85. The molecule has 0 unspecified atom stereocenters. The monoisotopic (exact) mass is 357 g/mol. The molecule has 0 N–H and O–H groups in total. The van der Waals surface area contributed by atoms with Gasteiger partial charge in [0.25, 0.3) is 5.54 Å². The van der Waals surface area contributed by atoms with Crippen LogP contribution in [0.1, 0.15) is 29.4 Å². The maximum Gasteiger partial charge on any atom is 0.306 e. The first kappa shape index (κ1) is 16.1. The molecule has 1 heterocycles. The van der Waals surface area contributed by atoms with Crippen LogP contribution in [0, 0.1) is 16.0 Å². The van der Waals surface area contributed by atoms with Gasteiger partial charge in [-0.05, 0) is 23.3 Å². The lowest BCUT2D eigenvalue weighted by molar-refractivity contribution is -0.612. The van der Waals surface area contributed by atoms with Gasteiger partial charge in [-0.25, -0.2) is 0 Å². The summed E-state index contributed by atoms with van der Waals surface area (Å²) in [6.45, 7) is -0.180. The smallest absolute Gasteiger partial charge is 0.306 e. The number of halogens is 1. The minimum absolute atomic E-state index is 0.0740. The van der Waals surface area contributed by atoms with Crippen molar-refractivity contribution in [1.82, 2.24) is 0 Å². The molecule has 128 valence electrons. The maximum absolute atomic E-state index is 12.1. The zero-order valence-electron chi connectivity index (χ0n) is 13.3. The number of rotatable bonds is 3. The van der Waals surface area contributed by atoms with Crippen molar-refractivity contribution in [3.8, 4) is 0 Å². The molecular weight excluding hydrogens is 342 g/mol. The predicted molar refractivity (Wildman–Crippen MR) is 92.2 cm³/mol. The van der Waals surface area contributed by atoms with Crippen LogP contribution in [0.2, 0.25) is 5.02 Å². The number of cyclic esters (lactones) is 1. The van der Waals surface area contributed by atoms with Crippen molar-refractivity contribution in [3.05, 3.63) is 80.9 Å². The molecule has 2 fully saturated rings. The van der Waals surface area contributed by atoms with Crippen LogP contribution in [0.25, 0.3) is 0 Å². The number of ether oxygens (including phenoxy) is 1. The minimum atomic E-state index is -1.28. The Morgan fingerprint density at radius 1 is 1.08 bits per heavy atom. The van der Waals surface area contributed by atoms with Gasteiger partial charge in [0.15, 0.2) is 6.61 Å². The van der Waals surface area contributed by atoms with Gasteiger partial charge in [-0.15, -0.1) is 0 Å². The van der Waals surface area contributed by atoms with Crippen molar-refractivity contribution >= 4 is 17.6 Å². The lowest BCUT2D eigenvalue weighted by Crippen LogP contribution is -2.69. The van der Waals surface area contributed by atoms with E-state index in [0.29, 0.717) is 5.02 Å². The van der Waals surface area contributed by atoms with Crippen LogP contribution in [0.4, 0.5) is 0 Å². The van der Waals surface area contributed by atoms with Crippen molar-refractivity contribution in [3.63, 3.8) is 0 Å². The average molecular weight is 358 g/mol. The first-order valence-corrected chi connectivity index (χ1v) is 8.52. The first-order chi connectivity index (χ1) is 12.0. The van der Waals surface area contributed by atoms with E-state index in [9.17, 15) is 14.9 Å². The van der Waals surface area contributed by atoms with E-state index in [1.54, 1.807) is 12.1 Å². The van der Waals surface area contributed by atoms with E-state index in [-0.39, 0.29) is 41.7 Å². The number of fused-ring (bicyclic) bond motifs is 1. The minimum Gasteiger partial charge on any atom is -0.458 e. The molecule has 0 bridgehead atoms. The average Bonchev–Trinajstić information content (AvgIpc) is 2.60. The van der Waals surface area contributed by atoms with Gasteiger partial charge in [0.2, 0.25) is 0 Å². The number of nitro groups is 1. The molecule has 0 amide bonds. The molecule has 25 heavy (non-hydrogen) atoms. The maximum atomic E-state index is 12.1. The molecule has 0 spiro atoms. The lowest BCUT2D eigenvalue weighted by Gasteiger charge is -2.56. The fraction of sp³-hybridized carbons (Fsp3) is 0.316. The molecule has 2 aromatic carbocycles. The second-order valence-electron chi connectivity index (χ2n) is 6.69. The Hall–Kier alpha value is -2.40.